The van der Waals surface area contributed by atoms with Gasteiger partial charge in [0.05, 0.1) is 36.1 Å². The molecule has 0 aliphatic rings. The molecule has 3 aromatic carbocycles. The van der Waals surface area contributed by atoms with Crippen molar-refractivity contribution >= 4 is 29.2 Å². The van der Waals surface area contributed by atoms with Gasteiger partial charge in [0.2, 0.25) is 0 Å². The molecule has 35 heavy (non-hydrogen) atoms. The molecule has 8 nitrogen and oxygen atoms in total. The largest absolute Gasteiger partial charge is 0.493 e. The SMILES string of the molecule is COc1cc(NC(=O)c2ccccc2Cl)c(C(=O)OCc2cc(-c3ccccc3)on2)cc1OC. The van der Waals surface area contributed by atoms with E-state index < -0.39 is 11.9 Å². The highest BCUT2D eigenvalue weighted by atomic mass is 35.5. The quantitative estimate of drug-likeness (QED) is 0.318. The number of aromatic nitrogens is 1. The fourth-order valence-corrected chi connectivity index (χ4v) is 3.54. The van der Waals surface area contributed by atoms with Crippen LogP contribution in [-0.2, 0) is 11.3 Å². The predicted octanol–water partition coefficient (Wildman–Crippen LogP) is 5.62. The zero-order valence-corrected chi connectivity index (χ0v) is 19.7. The first-order valence-electron chi connectivity index (χ1n) is 10.5. The molecule has 178 valence electrons. The van der Waals surface area contributed by atoms with E-state index in [4.69, 9.17) is 30.3 Å². The summed E-state index contributed by atoms with van der Waals surface area (Å²) in [5.41, 5.74) is 1.76. The van der Waals surface area contributed by atoms with Crippen molar-refractivity contribution in [2.24, 2.45) is 0 Å². The molecule has 0 saturated carbocycles. The van der Waals surface area contributed by atoms with E-state index in [0.717, 1.165) is 5.56 Å². The number of ether oxygens (including phenoxy) is 3. The lowest BCUT2D eigenvalue weighted by atomic mass is 10.1. The van der Waals surface area contributed by atoms with Crippen LogP contribution in [0, 0.1) is 0 Å². The number of methoxy groups -OCH3 is 2. The summed E-state index contributed by atoms with van der Waals surface area (Å²) >= 11 is 6.14. The first kappa shape index (κ1) is 23.8. The molecule has 0 aliphatic heterocycles. The van der Waals surface area contributed by atoms with Crippen LogP contribution in [0.1, 0.15) is 26.4 Å². The second-order valence-corrected chi connectivity index (χ2v) is 7.72. The Morgan fingerprint density at radius 3 is 2.31 bits per heavy atom. The Balaban J connectivity index is 1.56. The topological polar surface area (TPSA) is 99.9 Å². The van der Waals surface area contributed by atoms with Crippen LogP contribution < -0.4 is 14.8 Å². The number of nitrogens with one attached hydrogen (secondary N) is 1. The third kappa shape index (κ3) is 5.44. The highest BCUT2D eigenvalue weighted by molar-refractivity contribution is 6.34. The Bertz CT molecular complexity index is 1350. The molecular weight excluding hydrogens is 472 g/mol. The van der Waals surface area contributed by atoms with Gasteiger partial charge in [-0.25, -0.2) is 4.79 Å². The Hall–Kier alpha value is -4.30. The van der Waals surface area contributed by atoms with Crippen molar-refractivity contribution < 1.29 is 28.3 Å². The summed E-state index contributed by atoms with van der Waals surface area (Å²) in [6, 6.07) is 20.6. The first-order chi connectivity index (χ1) is 17.0. The van der Waals surface area contributed by atoms with Gasteiger partial charge in [-0.3, -0.25) is 4.79 Å². The van der Waals surface area contributed by atoms with Crippen molar-refractivity contribution in [1.29, 1.82) is 0 Å². The number of nitrogens with zero attached hydrogens (tertiary/aromatic N) is 1. The number of esters is 1. The van der Waals surface area contributed by atoms with Crippen molar-refractivity contribution in [2.45, 2.75) is 6.61 Å². The van der Waals surface area contributed by atoms with Gasteiger partial charge in [-0.1, -0.05) is 59.2 Å². The summed E-state index contributed by atoms with van der Waals surface area (Å²) < 4.78 is 21.4. The third-order valence-corrected chi connectivity index (χ3v) is 5.41. The van der Waals surface area contributed by atoms with E-state index in [1.807, 2.05) is 30.3 Å². The van der Waals surface area contributed by atoms with Crippen LogP contribution in [-0.4, -0.2) is 31.3 Å². The van der Waals surface area contributed by atoms with Gasteiger partial charge in [0.25, 0.3) is 5.91 Å². The average molecular weight is 493 g/mol. The molecule has 0 fully saturated rings. The van der Waals surface area contributed by atoms with E-state index in [2.05, 4.69) is 10.5 Å². The minimum Gasteiger partial charge on any atom is -0.493 e. The molecule has 1 heterocycles. The molecule has 9 heteroatoms. The number of amides is 1. The van der Waals surface area contributed by atoms with Crippen LogP contribution >= 0.6 is 11.6 Å². The number of carbonyl (C=O) groups excluding carboxylic acids is 2. The van der Waals surface area contributed by atoms with Crippen molar-refractivity contribution in [2.75, 3.05) is 19.5 Å². The molecule has 0 bridgehead atoms. The Morgan fingerprint density at radius 1 is 0.914 bits per heavy atom. The van der Waals surface area contributed by atoms with Crippen molar-refractivity contribution in [3.63, 3.8) is 0 Å². The van der Waals surface area contributed by atoms with Gasteiger partial charge in [-0.05, 0) is 12.1 Å². The predicted molar refractivity (Wildman–Crippen MR) is 130 cm³/mol. The number of halogens is 1. The number of hydrogen-bond donors (Lipinski definition) is 1. The molecule has 0 spiro atoms. The van der Waals surface area contributed by atoms with Crippen LogP contribution in [0.3, 0.4) is 0 Å². The number of anilines is 1. The maximum atomic E-state index is 13.0. The van der Waals surface area contributed by atoms with Gasteiger partial charge in [-0.2, -0.15) is 0 Å². The lowest BCUT2D eigenvalue weighted by Crippen LogP contribution is -2.17. The monoisotopic (exact) mass is 492 g/mol. The van der Waals surface area contributed by atoms with Gasteiger partial charge in [-0.15, -0.1) is 0 Å². The smallest absolute Gasteiger partial charge is 0.340 e. The maximum absolute atomic E-state index is 13.0. The average Bonchev–Trinajstić information content (AvgIpc) is 3.37. The molecule has 0 unspecified atom stereocenters. The van der Waals surface area contributed by atoms with Crippen molar-refractivity contribution in [3.05, 3.63) is 94.6 Å². The van der Waals surface area contributed by atoms with Gasteiger partial charge in [0.15, 0.2) is 17.3 Å². The standard InChI is InChI=1S/C26H21ClN2O6/c1-32-23-13-19(21(14-24(23)33-2)28-25(30)18-10-6-7-11-20(18)27)26(31)34-15-17-12-22(35-29-17)16-8-4-3-5-9-16/h3-14H,15H2,1-2H3,(H,28,30). The Kier molecular flexibility index (Phi) is 7.32. The lowest BCUT2D eigenvalue weighted by molar-refractivity contribution is 0.0465. The zero-order chi connectivity index (χ0) is 24.8. The summed E-state index contributed by atoms with van der Waals surface area (Å²) in [5, 5.41) is 6.94. The second kappa shape index (κ2) is 10.8. The number of rotatable bonds is 8. The van der Waals surface area contributed by atoms with E-state index >= 15 is 0 Å². The van der Waals surface area contributed by atoms with Crippen LogP contribution in [0.15, 0.2) is 77.3 Å². The van der Waals surface area contributed by atoms with Crippen molar-refractivity contribution in [1.82, 2.24) is 5.16 Å². The van der Waals surface area contributed by atoms with Gasteiger partial charge in [0.1, 0.15) is 12.3 Å². The Morgan fingerprint density at radius 2 is 1.60 bits per heavy atom. The highest BCUT2D eigenvalue weighted by Crippen LogP contribution is 2.34. The minimum absolute atomic E-state index is 0.0647. The number of benzene rings is 3. The zero-order valence-electron chi connectivity index (χ0n) is 18.9. The fraction of sp³-hybridized carbons (Fsp3) is 0.115. The molecule has 0 atom stereocenters. The normalized spacial score (nSPS) is 10.5. The van der Waals surface area contributed by atoms with Gasteiger partial charge in [0, 0.05) is 23.8 Å². The highest BCUT2D eigenvalue weighted by Gasteiger charge is 2.21. The summed E-state index contributed by atoms with van der Waals surface area (Å²) in [6.45, 7) is -0.137. The molecule has 4 aromatic rings. The molecular formula is C26H21ClN2O6. The summed E-state index contributed by atoms with van der Waals surface area (Å²) in [7, 11) is 2.89. The second-order valence-electron chi connectivity index (χ2n) is 7.31. The van der Waals surface area contributed by atoms with E-state index in [9.17, 15) is 9.59 Å². The molecule has 1 aromatic heterocycles. The summed E-state index contributed by atoms with van der Waals surface area (Å²) in [6.07, 6.45) is 0. The minimum atomic E-state index is -0.704. The van der Waals surface area contributed by atoms with E-state index in [1.165, 1.54) is 26.4 Å². The van der Waals surface area contributed by atoms with Crippen LogP contribution in [0.5, 0.6) is 11.5 Å². The fourth-order valence-electron chi connectivity index (χ4n) is 3.32. The maximum Gasteiger partial charge on any atom is 0.340 e. The molecule has 0 radical (unpaired) electrons. The third-order valence-electron chi connectivity index (χ3n) is 5.08. The van der Waals surface area contributed by atoms with Gasteiger partial charge >= 0.3 is 5.97 Å². The number of carbonyl (C=O) groups is 2. The van der Waals surface area contributed by atoms with Crippen molar-refractivity contribution in [3.8, 4) is 22.8 Å². The Labute approximate surface area is 206 Å². The molecule has 4 rings (SSSR count). The van der Waals surface area contributed by atoms with Crippen LogP contribution in [0.2, 0.25) is 5.02 Å². The number of hydrogen-bond acceptors (Lipinski definition) is 7. The molecule has 1 N–H and O–H groups in total. The van der Waals surface area contributed by atoms with Crippen LogP contribution in [0.4, 0.5) is 5.69 Å². The summed E-state index contributed by atoms with van der Waals surface area (Å²) in [4.78, 5) is 25.9. The summed E-state index contributed by atoms with van der Waals surface area (Å²) in [5.74, 6) is -0.0356. The lowest BCUT2D eigenvalue weighted by Gasteiger charge is -2.15. The first-order valence-corrected chi connectivity index (χ1v) is 10.9. The van der Waals surface area contributed by atoms with Crippen LogP contribution in [0.25, 0.3) is 11.3 Å². The molecule has 0 aliphatic carbocycles. The van der Waals surface area contributed by atoms with Gasteiger partial charge < -0.3 is 24.1 Å². The molecule has 0 saturated heterocycles. The molecule has 1 amide bonds. The van der Waals surface area contributed by atoms with E-state index in [1.54, 1.807) is 30.3 Å². The van der Waals surface area contributed by atoms with E-state index in [-0.39, 0.29) is 28.4 Å². The van der Waals surface area contributed by atoms with E-state index in [0.29, 0.717) is 23.0 Å².